The SMILES string of the molecule is CCOC(=O)OC(C)(C#N)c1ccccc1. The number of hydrogen-bond donors (Lipinski definition) is 0. The summed E-state index contributed by atoms with van der Waals surface area (Å²) >= 11 is 0. The number of benzene rings is 1. The fraction of sp³-hybridized carbons (Fsp3) is 0.333. The highest BCUT2D eigenvalue weighted by molar-refractivity contribution is 5.61. The van der Waals surface area contributed by atoms with E-state index in [0.29, 0.717) is 5.56 Å². The fourth-order valence-electron chi connectivity index (χ4n) is 1.22. The maximum Gasteiger partial charge on any atom is 0.510 e. The van der Waals surface area contributed by atoms with Crippen LogP contribution in [0.1, 0.15) is 19.4 Å². The molecule has 0 aliphatic rings. The number of nitrogens with zero attached hydrogens (tertiary/aromatic N) is 1. The highest BCUT2D eigenvalue weighted by Crippen LogP contribution is 2.24. The van der Waals surface area contributed by atoms with Gasteiger partial charge in [0.1, 0.15) is 6.07 Å². The van der Waals surface area contributed by atoms with Crippen molar-refractivity contribution in [2.45, 2.75) is 19.4 Å². The Morgan fingerprint density at radius 1 is 1.44 bits per heavy atom. The molecule has 0 saturated carbocycles. The Morgan fingerprint density at radius 2 is 2.06 bits per heavy atom. The second kappa shape index (κ2) is 5.17. The van der Waals surface area contributed by atoms with Gasteiger partial charge in [-0.15, -0.1) is 0 Å². The Hall–Kier alpha value is -2.02. The third-order valence-corrected chi connectivity index (χ3v) is 2.09. The first-order valence-electron chi connectivity index (χ1n) is 4.95. The van der Waals surface area contributed by atoms with E-state index in [1.807, 2.05) is 12.1 Å². The predicted molar refractivity (Wildman–Crippen MR) is 57.5 cm³/mol. The van der Waals surface area contributed by atoms with E-state index in [-0.39, 0.29) is 6.61 Å². The third kappa shape index (κ3) is 2.74. The van der Waals surface area contributed by atoms with Gasteiger partial charge in [0.05, 0.1) is 6.61 Å². The number of nitriles is 1. The van der Waals surface area contributed by atoms with Gasteiger partial charge in [0.25, 0.3) is 0 Å². The van der Waals surface area contributed by atoms with Crippen LogP contribution in [-0.2, 0) is 15.1 Å². The van der Waals surface area contributed by atoms with Crippen LogP contribution in [0.3, 0.4) is 0 Å². The maximum atomic E-state index is 11.2. The van der Waals surface area contributed by atoms with Gasteiger partial charge in [0.2, 0.25) is 5.60 Å². The molecule has 0 aliphatic carbocycles. The molecule has 1 aromatic carbocycles. The van der Waals surface area contributed by atoms with Crippen LogP contribution < -0.4 is 0 Å². The van der Waals surface area contributed by atoms with Crippen LogP contribution in [0.2, 0.25) is 0 Å². The van der Waals surface area contributed by atoms with E-state index in [2.05, 4.69) is 4.74 Å². The molecule has 0 fully saturated rings. The average Bonchev–Trinajstić information content (AvgIpc) is 2.30. The van der Waals surface area contributed by atoms with Crippen molar-refractivity contribution >= 4 is 6.16 Å². The Morgan fingerprint density at radius 3 is 2.56 bits per heavy atom. The number of ether oxygens (including phenoxy) is 2. The molecule has 16 heavy (non-hydrogen) atoms. The second-order valence-corrected chi connectivity index (χ2v) is 3.30. The first-order chi connectivity index (χ1) is 7.62. The van der Waals surface area contributed by atoms with Gasteiger partial charge >= 0.3 is 6.16 Å². The molecule has 1 unspecified atom stereocenters. The normalized spacial score (nSPS) is 13.3. The van der Waals surface area contributed by atoms with Crippen molar-refractivity contribution in [2.24, 2.45) is 0 Å². The molecule has 0 bridgehead atoms. The zero-order chi connectivity index (χ0) is 12.0. The summed E-state index contributed by atoms with van der Waals surface area (Å²) in [4.78, 5) is 11.2. The fourth-order valence-corrected chi connectivity index (χ4v) is 1.22. The van der Waals surface area contributed by atoms with Crippen molar-refractivity contribution in [3.8, 4) is 6.07 Å². The molecule has 0 N–H and O–H groups in total. The summed E-state index contributed by atoms with van der Waals surface area (Å²) in [5.74, 6) is 0. The van der Waals surface area contributed by atoms with Gasteiger partial charge in [-0.2, -0.15) is 5.26 Å². The molecule has 84 valence electrons. The van der Waals surface area contributed by atoms with Crippen molar-refractivity contribution in [2.75, 3.05) is 6.61 Å². The lowest BCUT2D eigenvalue weighted by Crippen LogP contribution is -2.27. The smallest absolute Gasteiger partial charge is 0.435 e. The quantitative estimate of drug-likeness (QED) is 0.733. The maximum absolute atomic E-state index is 11.2. The van der Waals surface area contributed by atoms with Crippen LogP contribution in [-0.4, -0.2) is 12.8 Å². The van der Waals surface area contributed by atoms with E-state index in [1.54, 1.807) is 31.2 Å². The minimum absolute atomic E-state index is 0.217. The molecular weight excluding hydrogens is 206 g/mol. The molecule has 0 amide bonds. The lowest BCUT2D eigenvalue weighted by molar-refractivity contribution is 0.00145. The topological polar surface area (TPSA) is 59.3 Å². The van der Waals surface area contributed by atoms with Crippen LogP contribution in [0.15, 0.2) is 30.3 Å². The molecule has 4 nitrogen and oxygen atoms in total. The summed E-state index contributed by atoms with van der Waals surface area (Å²) in [6.45, 7) is 3.42. The molecule has 1 rings (SSSR count). The van der Waals surface area contributed by atoms with Crippen molar-refractivity contribution in [1.82, 2.24) is 0 Å². The van der Waals surface area contributed by atoms with Gasteiger partial charge in [-0.1, -0.05) is 30.3 Å². The average molecular weight is 219 g/mol. The molecule has 0 spiro atoms. The zero-order valence-electron chi connectivity index (χ0n) is 9.27. The molecule has 0 saturated heterocycles. The van der Waals surface area contributed by atoms with E-state index in [1.165, 1.54) is 6.92 Å². The zero-order valence-corrected chi connectivity index (χ0v) is 9.27. The molecule has 1 aromatic rings. The van der Waals surface area contributed by atoms with Crippen LogP contribution in [0.25, 0.3) is 0 Å². The highest BCUT2D eigenvalue weighted by Gasteiger charge is 2.31. The first kappa shape index (κ1) is 12.1. The summed E-state index contributed by atoms with van der Waals surface area (Å²) < 4.78 is 9.64. The minimum atomic E-state index is -1.31. The van der Waals surface area contributed by atoms with Gasteiger partial charge < -0.3 is 9.47 Å². The van der Waals surface area contributed by atoms with Gasteiger partial charge in [0, 0.05) is 5.56 Å². The Labute approximate surface area is 94.4 Å². The van der Waals surface area contributed by atoms with E-state index in [9.17, 15) is 4.79 Å². The van der Waals surface area contributed by atoms with Crippen molar-refractivity contribution in [3.05, 3.63) is 35.9 Å². The highest BCUT2D eigenvalue weighted by atomic mass is 16.7. The summed E-state index contributed by atoms with van der Waals surface area (Å²) in [6, 6.07) is 10.8. The van der Waals surface area contributed by atoms with E-state index < -0.39 is 11.8 Å². The number of hydrogen-bond acceptors (Lipinski definition) is 4. The monoisotopic (exact) mass is 219 g/mol. The largest absolute Gasteiger partial charge is 0.510 e. The molecule has 4 heteroatoms. The first-order valence-corrected chi connectivity index (χ1v) is 4.95. The van der Waals surface area contributed by atoms with Crippen molar-refractivity contribution in [3.63, 3.8) is 0 Å². The Balaban J connectivity index is 2.88. The third-order valence-electron chi connectivity index (χ3n) is 2.09. The van der Waals surface area contributed by atoms with Crippen LogP contribution in [0.5, 0.6) is 0 Å². The van der Waals surface area contributed by atoms with E-state index >= 15 is 0 Å². The molecule has 1 atom stereocenters. The lowest BCUT2D eigenvalue weighted by Gasteiger charge is -2.21. The summed E-state index contributed by atoms with van der Waals surface area (Å²) in [5, 5.41) is 9.07. The van der Waals surface area contributed by atoms with Crippen molar-refractivity contribution < 1.29 is 14.3 Å². The van der Waals surface area contributed by atoms with E-state index in [0.717, 1.165) is 0 Å². The molecule has 0 aliphatic heterocycles. The summed E-state index contributed by atoms with van der Waals surface area (Å²) in [5.41, 5.74) is -0.696. The molecule has 0 radical (unpaired) electrons. The van der Waals surface area contributed by atoms with Crippen LogP contribution in [0, 0.1) is 11.3 Å². The van der Waals surface area contributed by atoms with Crippen LogP contribution >= 0.6 is 0 Å². The van der Waals surface area contributed by atoms with Crippen LogP contribution in [0.4, 0.5) is 4.79 Å². The van der Waals surface area contributed by atoms with E-state index in [4.69, 9.17) is 10.00 Å². The predicted octanol–water partition coefficient (Wildman–Crippen LogP) is 2.60. The Bertz CT molecular complexity index is 396. The summed E-state index contributed by atoms with van der Waals surface area (Å²) in [6.07, 6.45) is -0.838. The molecular formula is C12H13NO3. The minimum Gasteiger partial charge on any atom is -0.435 e. The number of carbonyl (C=O) groups is 1. The number of carbonyl (C=O) groups excluding carboxylic acids is 1. The summed E-state index contributed by atoms with van der Waals surface area (Å²) in [7, 11) is 0. The van der Waals surface area contributed by atoms with Gasteiger partial charge in [0.15, 0.2) is 0 Å². The van der Waals surface area contributed by atoms with Crippen molar-refractivity contribution in [1.29, 1.82) is 5.26 Å². The standard InChI is InChI=1S/C12H13NO3/c1-3-15-11(14)16-12(2,9-13)10-7-5-4-6-8-10/h4-8H,3H2,1-2H3. The van der Waals surface area contributed by atoms with Gasteiger partial charge in [-0.3, -0.25) is 0 Å². The second-order valence-electron chi connectivity index (χ2n) is 3.30. The molecule has 0 aromatic heterocycles. The number of rotatable bonds is 3. The van der Waals surface area contributed by atoms with Gasteiger partial charge in [-0.05, 0) is 13.8 Å². The lowest BCUT2D eigenvalue weighted by atomic mass is 9.98. The van der Waals surface area contributed by atoms with Gasteiger partial charge in [-0.25, -0.2) is 4.79 Å². The Kier molecular flexibility index (Phi) is 3.90. The molecule has 0 heterocycles.